The lowest BCUT2D eigenvalue weighted by Gasteiger charge is -2.20. The molecule has 12 heteroatoms. The van der Waals surface area contributed by atoms with Crippen LogP contribution in [-0.2, 0) is 20.0 Å². The summed E-state index contributed by atoms with van der Waals surface area (Å²) in [6, 6.07) is 9.92. The second-order valence-electron chi connectivity index (χ2n) is 8.86. The third kappa shape index (κ3) is 5.91. The summed E-state index contributed by atoms with van der Waals surface area (Å²) in [5, 5.41) is 14.8. The number of anilines is 1. The van der Waals surface area contributed by atoms with Crippen LogP contribution in [0.4, 0.5) is 5.69 Å². The van der Waals surface area contributed by atoms with Gasteiger partial charge >= 0.3 is 0 Å². The predicted octanol–water partition coefficient (Wildman–Crippen LogP) is 5.18. The van der Waals surface area contributed by atoms with Gasteiger partial charge in [-0.05, 0) is 65.6 Å². The fourth-order valence-electron chi connectivity index (χ4n) is 2.93. The molecule has 0 saturated heterocycles. The molecular weight excluding hydrogens is 517 g/mol. The largest absolute Gasteiger partial charge is 0.324 e. The van der Waals surface area contributed by atoms with Crippen LogP contribution in [0.3, 0.4) is 0 Å². The van der Waals surface area contributed by atoms with Crippen molar-refractivity contribution >= 4 is 56.4 Å². The zero-order valence-electron chi connectivity index (χ0n) is 19.3. The average Bonchev–Trinajstić information content (AvgIpc) is 3.21. The van der Waals surface area contributed by atoms with Crippen LogP contribution in [0.15, 0.2) is 46.5 Å². The van der Waals surface area contributed by atoms with Crippen LogP contribution in [0, 0.1) is 0 Å². The van der Waals surface area contributed by atoms with Crippen LogP contribution in [-0.4, -0.2) is 45.5 Å². The highest BCUT2D eigenvalue weighted by Gasteiger charge is 2.21. The van der Waals surface area contributed by atoms with E-state index in [1.807, 2.05) is 18.2 Å². The van der Waals surface area contributed by atoms with Crippen molar-refractivity contribution < 1.29 is 13.2 Å². The number of carbonyl (C=O) groups is 1. The van der Waals surface area contributed by atoms with Gasteiger partial charge in [0.1, 0.15) is 0 Å². The van der Waals surface area contributed by atoms with Gasteiger partial charge in [-0.25, -0.2) is 8.42 Å². The Balaban J connectivity index is 1.70. The lowest BCUT2D eigenvalue weighted by atomic mass is 9.87. The van der Waals surface area contributed by atoms with Gasteiger partial charge in [-0.2, -0.15) is 4.68 Å². The highest BCUT2D eigenvalue weighted by molar-refractivity contribution is 7.99. The van der Waals surface area contributed by atoms with Crippen LogP contribution in [0.2, 0.25) is 10.0 Å². The number of aromatic nitrogens is 4. The molecule has 34 heavy (non-hydrogen) atoms. The summed E-state index contributed by atoms with van der Waals surface area (Å²) in [5.74, 6) is -0.351. The van der Waals surface area contributed by atoms with Crippen molar-refractivity contribution in [2.24, 2.45) is 0 Å². The van der Waals surface area contributed by atoms with Crippen LogP contribution in [0.25, 0.3) is 5.69 Å². The molecular formula is C22H25Cl2N5O3S2. The SMILES string of the molecule is CC(C)S(=O)(=O)c1ccc(NC(=O)CSc2nnnn2-c2ccc(C(C)(C)C)cc2Cl)c(Cl)c1. The van der Waals surface area contributed by atoms with Crippen LogP contribution in [0.5, 0.6) is 0 Å². The smallest absolute Gasteiger partial charge is 0.234 e. The number of rotatable bonds is 7. The average molecular weight is 543 g/mol. The molecule has 0 saturated carbocycles. The van der Waals surface area contributed by atoms with E-state index in [0.717, 1.165) is 17.3 Å². The summed E-state index contributed by atoms with van der Waals surface area (Å²) in [5.41, 5.74) is 1.94. The summed E-state index contributed by atoms with van der Waals surface area (Å²) >= 11 is 13.8. The Bertz CT molecular complexity index is 1320. The first kappa shape index (κ1) is 26.5. The van der Waals surface area contributed by atoms with E-state index < -0.39 is 15.1 Å². The molecule has 1 aromatic heterocycles. The van der Waals surface area contributed by atoms with Crippen molar-refractivity contribution in [3.05, 3.63) is 52.0 Å². The molecule has 0 aliphatic carbocycles. The third-order valence-corrected chi connectivity index (χ3v) is 8.67. The number of halogens is 2. The number of sulfone groups is 1. The maximum atomic E-state index is 12.5. The topological polar surface area (TPSA) is 107 Å². The second kappa shape index (κ2) is 10.2. The summed E-state index contributed by atoms with van der Waals surface area (Å²) in [7, 11) is -3.47. The van der Waals surface area contributed by atoms with Crippen molar-refractivity contribution in [1.29, 1.82) is 0 Å². The Hall–Kier alpha value is -2.14. The van der Waals surface area contributed by atoms with E-state index in [2.05, 4.69) is 41.6 Å². The van der Waals surface area contributed by atoms with Gasteiger partial charge < -0.3 is 5.32 Å². The van der Waals surface area contributed by atoms with E-state index in [1.165, 1.54) is 22.9 Å². The van der Waals surface area contributed by atoms with E-state index in [1.54, 1.807) is 13.8 Å². The normalized spacial score (nSPS) is 12.2. The van der Waals surface area contributed by atoms with Crippen LogP contribution < -0.4 is 5.32 Å². The number of carbonyl (C=O) groups excluding carboxylic acids is 1. The molecule has 0 bridgehead atoms. The highest BCUT2D eigenvalue weighted by Crippen LogP contribution is 2.31. The first-order chi connectivity index (χ1) is 15.8. The van der Waals surface area contributed by atoms with Crippen molar-refractivity contribution in [2.45, 2.75) is 55.3 Å². The minimum Gasteiger partial charge on any atom is -0.324 e. The van der Waals surface area contributed by atoms with Gasteiger partial charge in [0.2, 0.25) is 11.1 Å². The molecule has 0 radical (unpaired) electrons. The number of benzene rings is 2. The third-order valence-electron chi connectivity index (χ3n) is 4.98. The zero-order chi connectivity index (χ0) is 25.3. The van der Waals surface area contributed by atoms with Crippen molar-refractivity contribution in [3.8, 4) is 5.69 Å². The molecule has 0 fully saturated rings. The van der Waals surface area contributed by atoms with Gasteiger partial charge in [0.05, 0.1) is 37.3 Å². The van der Waals surface area contributed by atoms with Gasteiger partial charge in [-0.1, -0.05) is 61.8 Å². The zero-order valence-corrected chi connectivity index (χ0v) is 22.5. The van der Waals surface area contributed by atoms with Gasteiger partial charge in [0, 0.05) is 0 Å². The van der Waals surface area contributed by atoms with Gasteiger partial charge in [0.25, 0.3) is 0 Å². The molecule has 0 unspecified atom stereocenters. The second-order valence-corrected chi connectivity index (χ2v) is 13.1. The van der Waals surface area contributed by atoms with Crippen LogP contribution >= 0.6 is 35.0 Å². The number of nitrogens with one attached hydrogen (secondary N) is 1. The minimum atomic E-state index is -3.47. The number of hydrogen-bond acceptors (Lipinski definition) is 7. The Kier molecular flexibility index (Phi) is 7.96. The van der Waals surface area contributed by atoms with E-state index in [0.29, 0.717) is 21.6 Å². The Morgan fingerprint density at radius 3 is 2.41 bits per heavy atom. The van der Waals surface area contributed by atoms with Gasteiger partial charge in [-0.15, -0.1) is 5.10 Å². The highest BCUT2D eigenvalue weighted by atomic mass is 35.5. The number of amides is 1. The molecule has 0 aliphatic rings. The predicted molar refractivity (Wildman–Crippen MR) is 136 cm³/mol. The summed E-state index contributed by atoms with van der Waals surface area (Å²) in [6.07, 6.45) is 0. The van der Waals surface area contributed by atoms with E-state index in [-0.39, 0.29) is 27.0 Å². The monoisotopic (exact) mass is 541 g/mol. The summed E-state index contributed by atoms with van der Waals surface area (Å²) in [6.45, 7) is 9.47. The summed E-state index contributed by atoms with van der Waals surface area (Å²) in [4.78, 5) is 12.6. The molecule has 2 aromatic carbocycles. The number of tetrazole rings is 1. The Labute approximate surface area is 213 Å². The van der Waals surface area contributed by atoms with Crippen LogP contribution in [0.1, 0.15) is 40.2 Å². The van der Waals surface area contributed by atoms with Crippen molar-refractivity contribution in [1.82, 2.24) is 20.2 Å². The quantitative estimate of drug-likeness (QED) is 0.410. The number of nitrogens with zero attached hydrogens (tertiary/aromatic N) is 4. The Morgan fingerprint density at radius 1 is 1.12 bits per heavy atom. The fraction of sp³-hybridized carbons (Fsp3) is 0.364. The maximum Gasteiger partial charge on any atom is 0.234 e. The molecule has 1 heterocycles. The molecule has 182 valence electrons. The van der Waals surface area contributed by atoms with E-state index >= 15 is 0 Å². The van der Waals surface area contributed by atoms with E-state index in [9.17, 15) is 13.2 Å². The number of thioether (sulfide) groups is 1. The number of hydrogen-bond donors (Lipinski definition) is 1. The van der Waals surface area contributed by atoms with Gasteiger partial charge in [0.15, 0.2) is 9.84 Å². The van der Waals surface area contributed by atoms with E-state index in [4.69, 9.17) is 23.2 Å². The van der Waals surface area contributed by atoms with Crippen molar-refractivity contribution in [2.75, 3.05) is 11.1 Å². The van der Waals surface area contributed by atoms with Crippen molar-refractivity contribution in [3.63, 3.8) is 0 Å². The molecule has 8 nitrogen and oxygen atoms in total. The molecule has 1 N–H and O–H groups in total. The lowest BCUT2D eigenvalue weighted by molar-refractivity contribution is -0.113. The molecule has 3 rings (SSSR count). The molecule has 1 amide bonds. The molecule has 0 spiro atoms. The first-order valence-electron chi connectivity index (χ1n) is 10.4. The minimum absolute atomic E-state index is 0.000437. The lowest BCUT2D eigenvalue weighted by Crippen LogP contribution is -2.16. The van der Waals surface area contributed by atoms with Gasteiger partial charge in [-0.3, -0.25) is 4.79 Å². The summed E-state index contributed by atoms with van der Waals surface area (Å²) < 4.78 is 26.1. The first-order valence-corrected chi connectivity index (χ1v) is 13.6. The molecule has 0 aliphatic heterocycles. The fourth-order valence-corrected chi connectivity index (χ4v) is 5.25. The molecule has 3 aromatic rings. The maximum absolute atomic E-state index is 12.5. The molecule has 0 atom stereocenters. The standard InChI is InChI=1S/C22H25Cl2N5O3S2/c1-13(2)34(31,32)15-7-8-18(16(23)11-15)25-20(30)12-33-21-26-27-28-29(21)19-9-6-14(10-17(19)24)22(3,4)5/h6-11,13H,12H2,1-5H3,(H,25,30). The Morgan fingerprint density at radius 2 is 1.82 bits per heavy atom.